The highest BCUT2D eigenvalue weighted by Gasteiger charge is 2.27. The molecule has 0 aromatic carbocycles. The highest BCUT2D eigenvalue weighted by atomic mass is 127. The van der Waals surface area contributed by atoms with Gasteiger partial charge in [0, 0.05) is 32.8 Å². The van der Waals surface area contributed by atoms with Crippen molar-refractivity contribution in [1.82, 2.24) is 10.6 Å². The molecule has 0 atom stereocenters. The summed E-state index contributed by atoms with van der Waals surface area (Å²) in [6, 6.07) is 0. The molecule has 0 rings (SSSR count). The minimum absolute atomic E-state index is 0. The van der Waals surface area contributed by atoms with Gasteiger partial charge in [0.15, 0.2) is 5.96 Å². The Kier molecular flexibility index (Phi) is 17.5. The lowest BCUT2D eigenvalue weighted by atomic mass is 10.1. The quantitative estimate of drug-likeness (QED) is 0.200. The Morgan fingerprint density at radius 2 is 1.79 bits per heavy atom. The van der Waals surface area contributed by atoms with Gasteiger partial charge in [-0.05, 0) is 25.7 Å². The number of alkyl halides is 3. The fourth-order valence-electron chi connectivity index (χ4n) is 1.55. The molecule has 0 aliphatic rings. The molecule has 0 aromatic rings. The third-order valence-corrected chi connectivity index (χ3v) is 2.71. The van der Waals surface area contributed by atoms with Crippen LogP contribution in [-0.2, 0) is 9.47 Å². The Bertz CT molecular complexity index is 317. The second kappa shape index (κ2) is 16.2. The van der Waals surface area contributed by atoms with E-state index in [9.17, 15) is 13.2 Å². The van der Waals surface area contributed by atoms with E-state index < -0.39 is 12.8 Å². The van der Waals surface area contributed by atoms with Gasteiger partial charge in [0.2, 0.25) is 0 Å². The number of ether oxygens (including phenoxy) is 2. The van der Waals surface area contributed by atoms with Gasteiger partial charge in [-0.15, -0.1) is 24.0 Å². The Hall–Kier alpha value is -0.290. The van der Waals surface area contributed by atoms with Gasteiger partial charge in [-0.2, -0.15) is 13.2 Å². The molecule has 146 valence electrons. The van der Waals surface area contributed by atoms with Crippen LogP contribution in [0.25, 0.3) is 0 Å². The highest BCUT2D eigenvalue weighted by Crippen LogP contribution is 2.14. The third-order valence-electron chi connectivity index (χ3n) is 2.71. The van der Waals surface area contributed by atoms with Gasteiger partial charge in [0.05, 0.1) is 6.61 Å². The molecule has 0 fully saturated rings. The van der Waals surface area contributed by atoms with Crippen LogP contribution in [0.1, 0.15) is 33.6 Å². The number of hydrogen-bond donors (Lipinski definition) is 2. The summed E-state index contributed by atoms with van der Waals surface area (Å²) in [5.41, 5.74) is 0. The number of nitrogens with one attached hydrogen (secondary N) is 2. The van der Waals surface area contributed by atoms with E-state index in [1.807, 2.05) is 6.92 Å². The van der Waals surface area contributed by atoms with Crippen LogP contribution in [0.2, 0.25) is 0 Å². The van der Waals surface area contributed by atoms with E-state index in [2.05, 4.69) is 34.2 Å². The molecule has 0 unspecified atom stereocenters. The fraction of sp³-hybridized carbons (Fsp3) is 0.933. The van der Waals surface area contributed by atoms with Crippen LogP contribution in [-0.4, -0.2) is 58.2 Å². The maximum Gasteiger partial charge on any atom is 0.411 e. The molecule has 0 amide bonds. The number of hydrogen-bond acceptors (Lipinski definition) is 3. The zero-order valence-corrected chi connectivity index (χ0v) is 17.1. The van der Waals surface area contributed by atoms with Crippen LogP contribution >= 0.6 is 24.0 Å². The van der Waals surface area contributed by atoms with Gasteiger partial charge < -0.3 is 20.1 Å². The van der Waals surface area contributed by atoms with E-state index in [0.29, 0.717) is 44.5 Å². The third kappa shape index (κ3) is 19.8. The Morgan fingerprint density at radius 3 is 2.38 bits per heavy atom. The van der Waals surface area contributed by atoms with E-state index in [4.69, 9.17) is 4.74 Å². The average molecular weight is 469 g/mol. The van der Waals surface area contributed by atoms with Crippen LogP contribution in [0.4, 0.5) is 13.2 Å². The minimum Gasteiger partial charge on any atom is -0.380 e. The minimum atomic E-state index is -4.27. The molecule has 5 nitrogen and oxygen atoms in total. The molecule has 0 bridgehead atoms. The molecule has 0 aromatic heterocycles. The van der Waals surface area contributed by atoms with Crippen LogP contribution in [0.5, 0.6) is 0 Å². The first-order valence-corrected chi connectivity index (χ1v) is 8.09. The van der Waals surface area contributed by atoms with Crippen LogP contribution < -0.4 is 10.6 Å². The Labute approximate surface area is 160 Å². The van der Waals surface area contributed by atoms with E-state index >= 15 is 0 Å². The summed E-state index contributed by atoms with van der Waals surface area (Å²) >= 11 is 0. The maximum atomic E-state index is 11.9. The largest absolute Gasteiger partial charge is 0.411 e. The van der Waals surface area contributed by atoms with Crippen molar-refractivity contribution < 1.29 is 22.6 Å². The summed E-state index contributed by atoms with van der Waals surface area (Å²) in [7, 11) is 0. The molecule has 9 heteroatoms. The molecular formula is C15H31F3IN3O2. The summed E-state index contributed by atoms with van der Waals surface area (Å²) in [5, 5.41) is 6.19. The highest BCUT2D eigenvalue weighted by molar-refractivity contribution is 14.0. The van der Waals surface area contributed by atoms with Crippen molar-refractivity contribution in [1.29, 1.82) is 0 Å². The molecule has 0 aliphatic heterocycles. The van der Waals surface area contributed by atoms with Gasteiger partial charge in [-0.3, -0.25) is 4.99 Å². The van der Waals surface area contributed by atoms with Crippen molar-refractivity contribution in [2.24, 2.45) is 10.9 Å². The average Bonchev–Trinajstić information content (AvgIpc) is 2.44. The fourth-order valence-corrected chi connectivity index (χ4v) is 1.55. The van der Waals surface area contributed by atoms with Crippen molar-refractivity contribution in [3.63, 3.8) is 0 Å². The summed E-state index contributed by atoms with van der Waals surface area (Å²) in [4.78, 5) is 4.27. The number of rotatable bonds is 12. The van der Waals surface area contributed by atoms with Crippen molar-refractivity contribution in [2.75, 3.05) is 46.1 Å². The van der Waals surface area contributed by atoms with Crippen molar-refractivity contribution >= 4 is 29.9 Å². The molecule has 24 heavy (non-hydrogen) atoms. The van der Waals surface area contributed by atoms with Crippen molar-refractivity contribution in [3.05, 3.63) is 0 Å². The van der Waals surface area contributed by atoms with Crippen molar-refractivity contribution in [3.8, 4) is 0 Å². The zero-order chi connectivity index (χ0) is 17.6. The van der Waals surface area contributed by atoms with Crippen LogP contribution in [0.3, 0.4) is 0 Å². The van der Waals surface area contributed by atoms with Gasteiger partial charge in [0.1, 0.15) is 6.61 Å². The molecule has 0 spiro atoms. The predicted octanol–water partition coefficient (Wildman–Crippen LogP) is 3.19. The van der Waals surface area contributed by atoms with Gasteiger partial charge in [-0.25, -0.2) is 0 Å². The molecule has 0 saturated carbocycles. The van der Waals surface area contributed by atoms with E-state index in [0.717, 1.165) is 13.0 Å². The molecule has 0 heterocycles. The van der Waals surface area contributed by atoms with E-state index in [-0.39, 0.29) is 30.6 Å². The Balaban J connectivity index is 0. The summed E-state index contributed by atoms with van der Waals surface area (Å²) in [5.74, 6) is 1.26. The second-order valence-corrected chi connectivity index (χ2v) is 5.50. The SMILES string of the molecule is CCNC(=NCCCOCC(F)(F)F)NCCOCCC(C)C.I. The lowest BCUT2D eigenvalue weighted by Crippen LogP contribution is -2.39. The standard InChI is InChI=1S/C15H30F3N3O2.HI/c1-4-19-14(21-8-11-22-10-6-13(2)3)20-7-5-9-23-12-15(16,17)18;/h13H,4-12H2,1-3H3,(H2,19,20,21);1H. The molecule has 0 radical (unpaired) electrons. The Morgan fingerprint density at radius 1 is 1.08 bits per heavy atom. The summed E-state index contributed by atoms with van der Waals surface area (Å²) in [6.07, 6.45) is -2.79. The summed E-state index contributed by atoms with van der Waals surface area (Å²) < 4.78 is 45.7. The van der Waals surface area contributed by atoms with Gasteiger partial charge in [-0.1, -0.05) is 13.8 Å². The van der Waals surface area contributed by atoms with Crippen LogP contribution in [0, 0.1) is 5.92 Å². The van der Waals surface area contributed by atoms with E-state index in [1.54, 1.807) is 0 Å². The molecular weight excluding hydrogens is 438 g/mol. The second-order valence-electron chi connectivity index (χ2n) is 5.50. The summed E-state index contributed by atoms with van der Waals surface area (Å²) in [6.45, 7) is 8.16. The predicted molar refractivity (Wildman–Crippen MR) is 101 cm³/mol. The number of aliphatic imine (C=N–C) groups is 1. The van der Waals surface area contributed by atoms with E-state index in [1.165, 1.54) is 0 Å². The lowest BCUT2D eigenvalue weighted by Gasteiger charge is -2.12. The first kappa shape index (κ1) is 25.9. The molecule has 0 saturated heterocycles. The number of halogens is 4. The number of nitrogens with zero attached hydrogens (tertiary/aromatic N) is 1. The smallest absolute Gasteiger partial charge is 0.380 e. The first-order chi connectivity index (χ1) is 10.8. The van der Waals surface area contributed by atoms with Gasteiger partial charge in [0.25, 0.3) is 0 Å². The maximum absolute atomic E-state index is 11.9. The van der Waals surface area contributed by atoms with Crippen molar-refractivity contribution in [2.45, 2.75) is 39.8 Å². The molecule has 2 N–H and O–H groups in total. The first-order valence-electron chi connectivity index (χ1n) is 8.09. The topological polar surface area (TPSA) is 54.9 Å². The van der Waals surface area contributed by atoms with Gasteiger partial charge >= 0.3 is 6.18 Å². The zero-order valence-electron chi connectivity index (χ0n) is 14.7. The van der Waals surface area contributed by atoms with Crippen LogP contribution in [0.15, 0.2) is 4.99 Å². The lowest BCUT2D eigenvalue weighted by molar-refractivity contribution is -0.173. The monoisotopic (exact) mass is 469 g/mol. The number of guanidine groups is 1. The normalized spacial score (nSPS) is 12.2. The molecule has 0 aliphatic carbocycles.